The summed E-state index contributed by atoms with van der Waals surface area (Å²) >= 11 is 0. The number of aromatic nitrogens is 1. The molecule has 1 nitrogen and oxygen atoms in total. The molecule has 0 saturated heterocycles. The number of hydrogen-bond donors (Lipinski definition) is 0. The van der Waals surface area contributed by atoms with Crippen molar-refractivity contribution >= 4 is 7.92 Å². The SMILES string of the molecule is CC(C)P(CCc1ccccn1)C(C)C. The summed E-state index contributed by atoms with van der Waals surface area (Å²) in [6.45, 7) is 9.41. The molecule has 0 aliphatic rings. The quantitative estimate of drug-likeness (QED) is 0.689. The van der Waals surface area contributed by atoms with E-state index >= 15 is 0 Å². The molecule has 1 aromatic rings. The van der Waals surface area contributed by atoms with Gasteiger partial charge >= 0.3 is 0 Å². The molecule has 0 radical (unpaired) electrons. The molecule has 0 bridgehead atoms. The molecule has 1 rings (SSSR count). The summed E-state index contributed by atoms with van der Waals surface area (Å²) < 4.78 is 0. The lowest BCUT2D eigenvalue weighted by Gasteiger charge is -2.25. The highest BCUT2D eigenvalue weighted by Crippen LogP contribution is 2.45. The Morgan fingerprint density at radius 3 is 2.27 bits per heavy atom. The zero-order chi connectivity index (χ0) is 11.3. The van der Waals surface area contributed by atoms with Crippen LogP contribution in [0.3, 0.4) is 0 Å². The minimum atomic E-state index is 0.158. The van der Waals surface area contributed by atoms with Gasteiger partial charge in [0.2, 0.25) is 0 Å². The Labute approximate surface area is 95.1 Å². The lowest BCUT2D eigenvalue weighted by Crippen LogP contribution is -2.08. The van der Waals surface area contributed by atoms with E-state index in [0.29, 0.717) is 0 Å². The average Bonchev–Trinajstić information content (AvgIpc) is 2.18. The van der Waals surface area contributed by atoms with Gasteiger partial charge in [0.05, 0.1) is 0 Å². The van der Waals surface area contributed by atoms with Crippen molar-refractivity contribution in [1.29, 1.82) is 0 Å². The third-order valence-corrected chi connectivity index (χ3v) is 6.07. The van der Waals surface area contributed by atoms with Crippen LogP contribution in [-0.2, 0) is 6.42 Å². The van der Waals surface area contributed by atoms with Crippen LogP contribution in [0.5, 0.6) is 0 Å². The molecule has 0 aromatic carbocycles. The van der Waals surface area contributed by atoms with Gasteiger partial charge in [-0.1, -0.05) is 33.8 Å². The van der Waals surface area contributed by atoms with Gasteiger partial charge < -0.3 is 0 Å². The fourth-order valence-corrected chi connectivity index (χ4v) is 4.62. The summed E-state index contributed by atoms with van der Waals surface area (Å²) in [7, 11) is 0.158. The molecule has 0 N–H and O–H groups in total. The molecule has 0 aliphatic heterocycles. The third-order valence-electron chi connectivity index (χ3n) is 2.68. The van der Waals surface area contributed by atoms with Crippen molar-refractivity contribution in [2.75, 3.05) is 6.16 Å². The van der Waals surface area contributed by atoms with E-state index in [-0.39, 0.29) is 7.92 Å². The maximum Gasteiger partial charge on any atom is 0.0407 e. The minimum absolute atomic E-state index is 0.158. The number of nitrogens with zero attached hydrogens (tertiary/aromatic N) is 1. The van der Waals surface area contributed by atoms with Crippen molar-refractivity contribution in [2.45, 2.75) is 45.4 Å². The molecule has 1 heterocycles. The topological polar surface area (TPSA) is 12.9 Å². The fraction of sp³-hybridized carbons (Fsp3) is 0.615. The van der Waals surface area contributed by atoms with E-state index in [1.165, 1.54) is 11.9 Å². The van der Waals surface area contributed by atoms with E-state index < -0.39 is 0 Å². The van der Waals surface area contributed by atoms with Crippen molar-refractivity contribution in [3.05, 3.63) is 30.1 Å². The van der Waals surface area contributed by atoms with Gasteiger partial charge in [0.1, 0.15) is 0 Å². The molecule has 0 aliphatic carbocycles. The molecule has 0 fully saturated rings. The average molecular weight is 223 g/mol. The molecule has 0 saturated carbocycles. The van der Waals surface area contributed by atoms with E-state index in [1.807, 2.05) is 12.3 Å². The van der Waals surface area contributed by atoms with Crippen LogP contribution in [-0.4, -0.2) is 22.5 Å². The van der Waals surface area contributed by atoms with E-state index in [2.05, 4.69) is 44.8 Å². The molecule has 84 valence electrons. The summed E-state index contributed by atoms with van der Waals surface area (Å²) in [5.41, 5.74) is 2.92. The normalized spacial score (nSPS) is 11.7. The molecule has 0 unspecified atom stereocenters. The first-order valence-electron chi connectivity index (χ1n) is 5.77. The van der Waals surface area contributed by atoms with Crippen LogP contribution >= 0.6 is 7.92 Å². The predicted octanol–water partition coefficient (Wildman–Crippen LogP) is 3.92. The van der Waals surface area contributed by atoms with E-state index in [0.717, 1.165) is 17.7 Å². The van der Waals surface area contributed by atoms with Crippen LogP contribution in [0, 0.1) is 0 Å². The van der Waals surface area contributed by atoms with Gasteiger partial charge in [0.25, 0.3) is 0 Å². The maximum absolute atomic E-state index is 4.38. The zero-order valence-corrected chi connectivity index (χ0v) is 11.2. The van der Waals surface area contributed by atoms with Crippen molar-refractivity contribution < 1.29 is 0 Å². The van der Waals surface area contributed by atoms with E-state index in [1.54, 1.807) is 0 Å². The first-order valence-corrected chi connectivity index (χ1v) is 7.43. The molecule has 2 heteroatoms. The van der Waals surface area contributed by atoms with Crippen molar-refractivity contribution in [3.63, 3.8) is 0 Å². The van der Waals surface area contributed by atoms with Crippen molar-refractivity contribution in [3.8, 4) is 0 Å². The molecule has 0 atom stereocenters. The number of rotatable bonds is 5. The Hall–Kier alpha value is -0.420. The van der Waals surface area contributed by atoms with Crippen molar-refractivity contribution in [2.24, 2.45) is 0 Å². The summed E-state index contributed by atoms with van der Waals surface area (Å²) in [5, 5.41) is 0. The van der Waals surface area contributed by atoms with Crippen LogP contribution in [0.4, 0.5) is 0 Å². The Morgan fingerprint density at radius 2 is 1.80 bits per heavy atom. The Morgan fingerprint density at radius 1 is 1.13 bits per heavy atom. The second-order valence-corrected chi connectivity index (χ2v) is 8.04. The maximum atomic E-state index is 4.38. The summed E-state index contributed by atoms with van der Waals surface area (Å²) in [4.78, 5) is 4.38. The molecule has 0 spiro atoms. The van der Waals surface area contributed by atoms with Gasteiger partial charge in [-0.2, -0.15) is 0 Å². The molecule has 1 aromatic heterocycles. The van der Waals surface area contributed by atoms with Crippen LogP contribution in [0.1, 0.15) is 33.4 Å². The van der Waals surface area contributed by atoms with Crippen LogP contribution in [0.15, 0.2) is 24.4 Å². The monoisotopic (exact) mass is 223 g/mol. The second kappa shape index (κ2) is 6.23. The summed E-state index contributed by atoms with van der Waals surface area (Å²) in [6.07, 6.45) is 4.35. The second-order valence-electron chi connectivity index (χ2n) is 4.50. The first kappa shape index (κ1) is 12.6. The summed E-state index contributed by atoms with van der Waals surface area (Å²) in [5.74, 6) is 0. The van der Waals surface area contributed by atoms with E-state index in [9.17, 15) is 0 Å². The highest BCUT2D eigenvalue weighted by Gasteiger charge is 2.16. The van der Waals surface area contributed by atoms with E-state index in [4.69, 9.17) is 0 Å². The minimum Gasteiger partial charge on any atom is -0.261 e. The fourth-order valence-electron chi connectivity index (χ4n) is 1.90. The Kier molecular flexibility index (Phi) is 5.25. The lowest BCUT2D eigenvalue weighted by molar-refractivity contribution is 0.965. The summed E-state index contributed by atoms with van der Waals surface area (Å²) in [6, 6.07) is 6.20. The highest BCUT2D eigenvalue weighted by molar-refractivity contribution is 7.59. The number of pyridine rings is 1. The predicted molar refractivity (Wildman–Crippen MR) is 70.0 cm³/mol. The molecule has 0 amide bonds. The largest absolute Gasteiger partial charge is 0.261 e. The van der Waals surface area contributed by atoms with Gasteiger partial charge in [-0.15, -0.1) is 7.92 Å². The van der Waals surface area contributed by atoms with Crippen LogP contribution in [0.25, 0.3) is 0 Å². The smallest absolute Gasteiger partial charge is 0.0407 e. The molecule has 15 heavy (non-hydrogen) atoms. The zero-order valence-electron chi connectivity index (χ0n) is 10.3. The van der Waals surface area contributed by atoms with Crippen molar-refractivity contribution in [1.82, 2.24) is 4.98 Å². The van der Waals surface area contributed by atoms with Gasteiger partial charge in [0, 0.05) is 11.9 Å². The van der Waals surface area contributed by atoms with Gasteiger partial charge in [-0.25, -0.2) is 0 Å². The van der Waals surface area contributed by atoms with Gasteiger partial charge in [0.15, 0.2) is 0 Å². The van der Waals surface area contributed by atoms with Gasteiger partial charge in [-0.3, -0.25) is 4.98 Å². The number of aryl methyl sites for hydroxylation is 1. The lowest BCUT2D eigenvalue weighted by atomic mass is 10.3. The highest BCUT2D eigenvalue weighted by atomic mass is 31.1. The first-order chi connectivity index (χ1) is 7.11. The Bertz CT molecular complexity index is 261. The Balaban J connectivity index is 2.47. The number of hydrogen-bond acceptors (Lipinski definition) is 1. The molecular formula is C13H22NP. The molecular weight excluding hydrogens is 201 g/mol. The van der Waals surface area contributed by atoms with Gasteiger partial charge in [-0.05, 0) is 36.0 Å². The van der Waals surface area contributed by atoms with Crippen LogP contribution in [0.2, 0.25) is 0 Å². The third kappa shape index (κ3) is 4.30. The van der Waals surface area contributed by atoms with Crippen LogP contribution < -0.4 is 0 Å². The standard InChI is InChI=1S/C13H22NP/c1-11(2)15(12(3)4)10-8-13-7-5-6-9-14-13/h5-7,9,11-12H,8,10H2,1-4H3.